The van der Waals surface area contributed by atoms with Gasteiger partial charge in [-0.05, 0) is 35.1 Å². The highest BCUT2D eigenvalue weighted by atomic mass is 16.5. The average Bonchev–Trinajstić information content (AvgIpc) is 2.77. The number of amides is 1. The van der Waals surface area contributed by atoms with E-state index in [0.29, 0.717) is 18.5 Å². The first-order chi connectivity index (χ1) is 14.4. The minimum absolute atomic E-state index is 0.0418. The molecular formula is C25H30N2O3. The molecule has 0 unspecified atom stereocenters. The van der Waals surface area contributed by atoms with Gasteiger partial charge in [0.15, 0.2) is 0 Å². The van der Waals surface area contributed by atoms with Crippen LogP contribution in [0.3, 0.4) is 0 Å². The Bertz CT molecular complexity index is 897. The van der Waals surface area contributed by atoms with Gasteiger partial charge in [-0.1, -0.05) is 69.7 Å². The molecule has 2 aromatic rings. The normalized spacial score (nSPS) is 11.6. The summed E-state index contributed by atoms with van der Waals surface area (Å²) >= 11 is 0. The third-order valence-corrected chi connectivity index (χ3v) is 5.14. The monoisotopic (exact) mass is 406 g/mol. The van der Waals surface area contributed by atoms with Crippen molar-refractivity contribution in [2.24, 2.45) is 5.92 Å². The van der Waals surface area contributed by atoms with Gasteiger partial charge in [-0.2, -0.15) is 5.26 Å². The van der Waals surface area contributed by atoms with Gasteiger partial charge in [-0.25, -0.2) is 4.79 Å². The van der Waals surface area contributed by atoms with E-state index in [0.717, 1.165) is 29.5 Å². The van der Waals surface area contributed by atoms with Crippen molar-refractivity contribution in [1.29, 1.82) is 5.26 Å². The number of carbonyl (C=O) groups is 2. The largest absolute Gasteiger partial charge is 0.467 e. The van der Waals surface area contributed by atoms with Crippen molar-refractivity contribution in [1.82, 2.24) is 4.90 Å². The highest BCUT2D eigenvalue weighted by Crippen LogP contribution is 2.25. The molecule has 0 heterocycles. The number of hydrogen-bond acceptors (Lipinski definition) is 4. The summed E-state index contributed by atoms with van der Waals surface area (Å²) in [5.74, 6) is -0.501. The van der Waals surface area contributed by atoms with E-state index in [9.17, 15) is 14.9 Å². The van der Waals surface area contributed by atoms with Gasteiger partial charge in [0, 0.05) is 13.0 Å². The van der Waals surface area contributed by atoms with Gasteiger partial charge in [0.2, 0.25) is 5.91 Å². The second kappa shape index (κ2) is 11.2. The summed E-state index contributed by atoms with van der Waals surface area (Å²) in [6, 6.07) is 16.8. The van der Waals surface area contributed by atoms with Crippen LogP contribution in [0.15, 0.2) is 48.5 Å². The molecule has 0 saturated heterocycles. The summed E-state index contributed by atoms with van der Waals surface area (Å²) < 4.78 is 4.99. The SMILES string of the molecule is CCCCC(=O)N(Cc1ccc(-c2ccccc2C#N)cc1)[C@@H](C(=O)OC)C(C)C. The van der Waals surface area contributed by atoms with Crippen LogP contribution in [0.5, 0.6) is 0 Å². The smallest absolute Gasteiger partial charge is 0.328 e. The molecule has 1 amide bonds. The number of carbonyl (C=O) groups excluding carboxylic acids is 2. The van der Waals surface area contributed by atoms with Crippen LogP contribution in [-0.2, 0) is 20.9 Å². The van der Waals surface area contributed by atoms with Crippen LogP contribution in [0.25, 0.3) is 11.1 Å². The molecule has 0 aromatic heterocycles. The Morgan fingerprint density at radius 3 is 2.33 bits per heavy atom. The molecule has 5 heteroatoms. The minimum atomic E-state index is -0.627. The molecule has 0 fully saturated rings. The van der Waals surface area contributed by atoms with Gasteiger partial charge in [0.25, 0.3) is 0 Å². The molecule has 2 aromatic carbocycles. The predicted octanol–water partition coefficient (Wildman–Crippen LogP) is 4.94. The van der Waals surface area contributed by atoms with E-state index < -0.39 is 12.0 Å². The lowest BCUT2D eigenvalue weighted by Gasteiger charge is -2.32. The highest BCUT2D eigenvalue weighted by molar-refractivity contribution is 5.84. The van der Waals surface area contributed by atoms with E-state index >= 15 is 0 Å². The molecule has 0 radical (unpaired) electrons. The maximum Gasteiger partial charge on any atom is 0.328 e. The average molecular weight is 407 g/mol. The molecule has 0 bridgehead atoms. The van der Waals surface area contributed by atoms with E-state index in [2.05, 4.69) is 6.07 Å². The number of ether oxygens (including phenoxy) is 1. The van der Waals surface area contributed by atoms with Gasteiger partial charge in [-0.3, -0.25) is 4.79 Å². The van der Waals surface area contributed by atoms with Gasteiger partial charge in [0.05, 0.1) is 18.7 Å². The predicted molar refractivity (Wildman–Crippen MR) is 117 cm³/mol. The van der Waals surface area contributed by atoms with E-state index in [1.165, 1.54) is 7.11 Å². The van der Waals surface area contributed by atoms with Crippen molar-refractivity contribution >= 4 is 11.9 Å². The third kappa shape index (κ3) is 5.70. The Balaban J connectivity index is 2.31. The second-order valence-corrected chi connectivity index (χ2v) is 7.69. The van der Waals surface area contributed by atoms with Crippen molar-refractivity contribution in [3.05, 3.63) is 59.7 Å². The van der Waals surface area contributed by atoms with E-state index in [1.54, 1.807) is 11.0 Å². The van der Waals surface area contributed by atoms with Crippen molar-refractivity contribution in [2.45, 2.75) is 52.6 Å². The van der Waals surface area contributed by atoms with Crippen LogP contribution in [0.1, 0.15) is 51.2 Å². The fraction of sp³-hybridized carbons (Fsp3) is 0.400. The summed E-state index contributed by atoms with van der Waals surface area (Å²) in [5, 5.41) is 9.34. The standard InChI is InChI=1S/C25H30N2O3/c1-5-6-11-23(28)27(24(18(2)3)25(29)30-4)17-19-12-14-20(15-13-19)22-10-8-7-9-21(22)16-26/h7-10,12-15,18,24H,5-6,11,17H2,1-4H3/t24-/m1/s1. The van der Waals surface area contributed by atoms with Gasteiger partial charge < -0.3 is 9.64 Å². The van der Waals surface area contributed by atoms with E-state index in [1.807, 2.05) is 63.2 Å². The number of hydrogen-bond donors (Lipinski definition) is 0. The second-order valence-electron chi connectivity index (χ2n) is 7.69. The van der Waals surface area contributed by atoms with Crippen LogP contribution in [-0.4, -0.2) is 29.9 Å². The Labute approximate surface area is 179 Å². The first-order valence-corrected chi connectivity index (χ1v) is 10.4. The molecule has 0 aliphatic carbocycles. The number of benzene rings is 2. The van der Waals surface area contributed by atoms with E-state index in [4.69, 9.17) is 4.74 Å². The van der Waals surface area contributed by atoms with Gasteiger partial charge in [-0.15, -0.1) is 0 Å². The first kappa shape index (κ1) is 23.2. The van der Waals surface area contributed by atoms with Crippen LogP contribution in [0.2, 0.25) is 0 Å². The lowest BCUT2D eigenvalue weighted by molar-refractivity contribution is -0.155. The summed E-state index contributed by atoms with van der Waals surface area (Å²) in [6.07, 6.45) is 2.10. The highest BCUT2D eigenvalue weighted by Gasteiger charge is 2.33. The maximum atomic E-state index is 12.9. The lowest BCUT2D eigenvalue weighted by Crippen LogP contribution is -2.48. The van der Waals surface area contributed by atoms with Gasteiger partial charge in [0.1, 0.15) is 6.04 Å². The van der Waals surface area contributed by atoms with Crippen LogP contribution >= 0.6 is 0 Å². The zero-order valence-electron chi connectivity index (χ0n) is 18.2. The zero-order chi connectivity index (χ0) is 22.1. The topological polar surface area (TPSA) is 70.4 Å². The quantitative estimate of drug-likeness (QED) is 0.553. The van der Waals surface area contributed by atoms with Crippen molar-refractivity contribution in [2.75, 3.05) is 7.11 Å². The van der Waals surface area contributed by atoms with Crippen LogP contribution in [0, 0.1) is 17.2 Å². The molecule has 1 atom stereocenters. The van der Waals surface area contributed by atoms with Crippen molar-refractivity contribution in [3.8, 4) is 17.2 Å². The third-order valence-electron chi connectivity index (χ3n) is 5.14. The fourth-order valence-electron chi connectivity index (χ4n) is 3.51. The van der Waals surface area contributed by atoms with Crippen LogP contribution < -0.4 is 0 Å². The Morgan fingerprint density at radius 1 is 1.10 bits per heavy atom. The Kier molecular flexibility index (Phi) is 8.61. The summed E-state index contributed by atoms with van der Waals surface area (Å²) in [7, 11) is 1.36. The number of esters is 1. The number of nitrogens with zero attached hydrogens (tertiary/aromatic N) is 2. The Hall–Kier alpha value is -3.13. The lowest BCUT2D eigenvalue weighted by atomic mass is 9.98. The maximum absolute atomic E-state index is 12.9. The molecular weight excluding hydrogens is 376 g/mol. The van der Waals surface area contributed by atoms with Gasteiger partial charge >= 0.3 is 5.97 Å². The number of unbranched alkanes of at least 4 members (excludes halogenated alkanes) is 1. The molecule has 0 spiro atoms. The van der Waals surface area contributed by atoms with Crippen LogP contribution in [0.4, 0.5) is 0 Å². The molecule has 30 heavy (non-hydrogen) atoms. The first-order valence-electron chi connectivity index (χ1n) is 10.4. The number of methoxy groups -OCH3 is 1. The molecule has 2 rings (SSSR count). The molecule has 0 aliphatic rings. The van der Waals surface area contributed by atoms with E-state index in [-0.39, 0.29) is 11.8 Å². The van der Waals surface area contributed by atoms with Crippen molar-refractivity contribution in [3.63, 3.8) is 0 Å². The number of nitriles is 1. The fourth-order valence-corrected chi connectivity index (χ4v) is 3.51. The minimum Gasteiger partial charge on any atom is -0.467 e. The summed E-state index contributed by atoms with van der Waals surface area (Å²) in [6.45, 7) is 6.21. The molecule has 0 aliphatic heterocycles. The van der Waals surface area contributed by atoms with Crippen molar-refractivity contribution < 1.29 is 14.3 Å². The zero-order valence-corrected chi connectivity index (χ0v) is 18.2. The molecule has 5 nitrogen and oxygen atoms in total. The molecule has 158 valence electrons. The molecule has 0 saturated carbocycles. The number of rotatable bonds is 9. The molecule has 0 N–H and O–H groups in total. The summed E-state index contributed by atoms with van der Waals surface area (Å²) in [4.78, 5) is 27.0. The summed E-state index contributed by atoms with van der Waals surface area (Å²) in [5.41, 5.74) is 3.35. The Morgan fingerprint density at radius 2 is 1.77 bits per heavy atom.